The first-order valence-electron chi connectivity index (χ1n) is 4.97. The minimum Gasteiger partial charge on any atom is -0.378 e. The number of hydrogen-bond donors (Lipinski definition) is 3. The zero-order valence-electron chi connectivity index (χ0n) is 8.94. The van der Waals surface area contributed by atoms with E-state index in [-0.39, 0.29) is 5.17 Å². The summed E-state index contributed by atoms with van der Waals surface area (Å²) in [4.78, 5) is 0. The molecular formula is C12H11N3S2. The molecule has 0 atom stereocenters. The van der Waals surface area contributed by atoms with E-state index in [9.17, 15) is 0 Å². The molecule has 0 spiro atoms. The zero-order valence-corrected chi connectivity index (χ0v) is 10.6. The van der Waals surface area contributed by atoms with E-state index in [0.717, 1.165) is 28.2 Å². The molecule has 2 aromatic carbocycles. The molecule has 86 valence electrons. The Labute approximate surface area is 109 Å². The second-order valence-corrected chi connectivity index (χ2v) is 5.12. The molecule has 2 rings (SSSR count). The van der Waals surface area contributed by atoms with Crippen molar-refractivity contribution < 1.29 is 0 Å². The smallest absolute Gasteiger partial charge is 0.158 e. The maximum atomic E-state index is 7.17. The van der Waals surface area contributed by atoms with E-state index in [1.807, 2.05) is 42.5 Å². The number of benzene rings is 2. The Bertz CT molecular complexity index is 575. The third-order valence-electron chi connectivity index (χ3n) is 2.23. The molecule has 0 heterocycles. The highest BCUT2D eigenvalue weighted by Crippen LogP contribution is 2.24. The molecule has 3 nitrogen and oxygen atoms in total. The third kappa shape index (κ3) is 2.95. The van der Waals surface area contributed by atoms with Crippen molar-refractivity contribution in [2.24, 2.45) is 5.73 Å². The molecule has 0 aliphatic carbocycles. The molecule has 0 bridgehead atoms. The molecule has 0 fully saturated rings. The average molecular weight is 261 g/mol. The molecule has 0 aliphatic heterocycles. The normalized spacial score (nSPS) is 10.1. The highest BCUT2D eigenvalue weighted by atomic mass is 32.2. The molecule has 0 aliphatic rings. The van der Waals surface area contributed by atoms with Crippen molar-refractivity contribution >= 4 is 49.9 Å². The summed E-state index contributed by atoms with van der Waals surface area (Å²) >= 11 is 6.15. The molecule has 0 amide bonds. The van der Waals surface area contributed by atoms with E-state index in [4.69, 9.17) is 23.4 Å². The number of hydrogen-bond acceptors (Lipinski definition) is 3. The number of rotatable bonds is 1. The maximum absolute atomic E-state index is 7.17. The SMILES string of the molecule is N=C(N)SC(=S)Nc1cccc2ccccc12. The monoisotopic (exact) mass is 261 g/mol. The van der Waals surface area contributed by atoms with Crippen molar-refractivity contribution in [3.63, 3.8) is 0 Å². The first-order chi connectivity index (χ1) is 8.16. The van der Waals surface area contributed by atoms with Crippen molar-refractivity contribution in [3.8, 4) is 0 Å². The van der Waals surface area contributed by atoms with Gasteiger partial charge in [-0.25, -0.2) is 0 Å². The summed E-state index contributed by atoms with van der Waals surface area (Å²) in [7, 11) is 0. The lowest BCUT2D eigenvalue weighted by Crippen LogP contribution is -2.13. The molecular weight excluding hydrogens is 250 g/mol. The Kier molecular flexibility index (Phi) is 3.61. The van der Waals surface area contributed by atoms with Crippen LogP contribution in [-0.4, -0.2) is 9.49 Å². The van der Waals surface area contributed by atoms with Gasteiger partial charge in [-0.3, -0.25) is 5.41 Å². The van der Waals surface area contributed by atoms with Crippen LogP contribution in [0.3, 0.4) is 0 Å². The van der Waals surface area contributed by atoms with Gasteiger partial charge in [-0.2, -0.15) is 0 Å². The minimum absolute atomic E-state index is 0.0114. The number of nitrogens with two attached hydrogens (primary N) is 1. The summed E-state index contributed by atoms with van der Waals surface area (Å²) in [6.07, 6.45) is 0. The predicted molar refractivity (Wildman–Crippen MR) is 79.7 cm³/mol. The second kappa shape index (κ2) is 5.16. The van der Waals surface area contributed by atoms with Crippen LogP contribution in [0.2, 0.25) is 0 Å². The van der Waals surface area contributed by atoms with Gasteiger partial charge in [0.05, 0.1) is 0 Å². The van der Waals surface area contributed by atoms with E-state index in [0.29, 0.717) is 4.32 Å². The van der Waals surface area contributed by atoms with E-state index in [1.165, 1.54) is 0 Å². The maximum Gasteiger partial charge on any atom is 0.158 e. The predicted octanol–water partition coefficient (Wildman–Crippen LogP) is 3.16. The van der Waals surface area contributed by atoms with Crippen molar-refractivity contribution in [1.82, 2.24) is 0 Å². The van der Waals surface area contributed by atoms with Gasteiger partial charge in [0.25, 0.3) is 0 Å². The lowest BCUT2D eigenvalue weighted by Gasteiger charge is -2.09. The van der Waals surface area contributed by atoms with Crippen LogP contribution in [0.5, 0.6) is 0 Å². The number of amidine groups is 1. The third-order valence-corrected chi connectivity index (χ3v) is 3.09. The van der Waals surface area contributed by atoms with Gasteiger partial charge in [0.1, 0.15) is 4.32 Å². The van der Waals surface area contributed by atoms with Crippen LogP contribution in [0, 0.1) is 5.41 Å². The minimum atomic E-state index is -0.0114. The first kappa shape index (κ1) is 11.9. The number of anilines is 1. The molecule has 2 aromatic rings. The molecule has 0 radical (unpaired) electrons. The quantitative estimate of drug-likeness (QED) is 0.419. The van der Waals surface area contributed by atoms with Gasteiger partial charge >= 0.3 is 0 Å². The molecule has 17 heavy (non-hydrogen) atoms. The van der Waals surface area contributed by atoms with Gasteiger partial charge < -0.3 is 11.1 Å². The Morgan fingerprint density at radius 2 is 1.88 bits per heavy atom. The van der Waals surface area contributed by atoms with E-state index < -0.39 is 0 Å². The van der Waals surface area contributed by atoms with Crippen molar-refractivity contribution in [2.75, 3.05) is 5.32 Å². The second-order valence-electron chi connectivity index (χ2n) is 3.41. The molecule has 0 aromatic heterocycles. The molecule has 4 N–H and O–H groups in total. The average Bonchev–Trinajstić information content (AvgIpc) is 2.28. The highest BCUT2D eigenvalue weighted by Gasteiger charge is 2.03. The fraction of sp³-hybridized carbons (Fsp3) is 0. The number of thiocarbonyl (C=S) groups is 1. The molecule has 0 saturated carbocycles. The fourth-order valence-corrected chi connectivity index (χ4v) is 2.31. The Morgan fingerprint density at radius 3 is 2.65 bits per heavy atom. The van der Waals surface area contributed by atoms with Crippen molar-refractivity contribution in [2.45, 2.75) is 0 Å². The van der Waals surface area contributed by atoms with Crippen molar-refractivity contribution in [3.05, 3.63) is 42.5 Å². The topological polar surface area (TPSA) is 61.9 Å². The highest BCUT2D eigenvalue weighted by molar-refractivity contribution is 8.33. The van der Waals surface area contributed by atoms with Crippen LogP contribution in [-0.2, 0) is 0 Å². The molecule has 0 saturated heterocycles. The van der Waals surface area contributed by atoms with E-state index in [1.54, 1.807) is 0 Å². The van der Waals surface area contributed by atoms with Gasteiger partial charge in [0, 0.05) is 11.1 Å². The summed E-state index contributed by atoms with van der Waals surface area (Å²) in [6.45, 7) is 0. The van der Waals surface area contributed by atoms with Crippen LogP contribution < -0.4 is 11.1 Å². The van der Waals surface area contributed by atoms with Crippen LogP contribution >= 0.6 is 24.0 Å². The first-order valence-corrected chi connectivity index (χ1v) is 6.20. The lowest BCUT2D eigenvalue weighted by molar-refractivity contribution is 1.51. The zero-order chi connectivity index (χ0) is 12.3. The summed E-state index contributed by atoms with van der Waals surface area (Å²) in [6, 6.07) is 14.0. The summed E-state index contributed by atoms with van der Waals surface area (Å²) in [5.41, 5.74) is 6.21. The number of thioether (sulfide) groups is 1. The Hall–Kier alpha value is -1.59. The van der Waals surface area contributed by atoms with Gasteiger partial charge in [-0.1, -0.05) is 48.6 Å². The molecule has 5 heteroatoms. The van der Waals surface area contributed by atoms with Gasteiger partial charge in [0.2, 0.25) is 0 Å². The fourth-order valence-electron chi connectivity index (χ4n) is 1.57. The largest absolute Gasteiger partial charge is 0.378 e. The standard InChI is InChI=1S/C12H11N3S2/c13-11(14)17-12(16)15-10-7-3-5-8-4-1-2-6-9(8)10/h1-7H,(H3,13,14)(H,15,16). The summed E-state index contributed by atoms with van der Waals surface area (Å²) < 4.78 is 0.480. The van der Waals surface area contributed by atoms with Gasteiger partial charge in [-0.05, 0) is 23.2 Å². The Balaban J connectivity index is 2.30. The summed E-state index contributed by atoms with van der Waals surface area (Å²) in [5, 5.41) is 12.5. The lowest BCUT2D eigenvalue weighted by atomic mass is 10.1. The summed E-state index contributed by atoms with van der Waals surface area (Å²) in [5.74, 6) is 0. The van der Waals surface area contributed by atoms with Crippen LogP contribution in [0.15, 0.2) is 42.5 Å². The number of nitrogens with one attached hydrogen (secondary N) is 2. The van der Waals surface area contributed by atoms with Gasteiger partial charge in [-0.15, -0.1) is 0 Å². The van der Waals surface area contributed by atoms with Gasteiger partial charge in [0.15, 0.2) is 5.17 Å². The van der Waals surface area contributed by atoms with E-state index in [2.05, 4.69) is 5.32 Å². The van der Waals surface area contributed by atoms with Crippen LogP contribution in [0.25, 0.3) is 10.8 Å². The Morgan fingerprint density at radius 1 is 1.18 bits per heavy atom. The number of fused-ring (bicyclic) bond motifs is 1. The van der Waals surface area contributed by atoms with E-state index >= 15 is 0 Å². The van der Waals surface area contributed by atoms with Crippen LogP contribution in [0.1, 0.15) is 0 Å². The van der Waals surface area contributed by atoms with Crippen molar-refractivity contribution in [1.29, 1.82) is 5.41 Å². The molecule has 0 unspecified atom stereocenters. The van der Waals surface area contributed by atoms with Crippen LogP contribution in [0.4, 0.5) is 5.69 Å².